The molecule has 3 fully saturated rings. The van der Waals surface area contributed by atoms with Crippen LogP contribution in [-0.2, 0) is 68.3 Å². The summed E-state index contributed by atoms with van der Waals surface area (Å²) in [6.45, 7) is 17.8. The zero-order valence-corrected chi connectivity index (χ0v) is 46.2. The molecule has 1 aromatic rings. The van der Waals surface area contributed by atoms with Crippen LogP contribution >= 0.6 is 23.4 Å². The number of aliphatic hydroxyl groups is 1. The fourth-order valence-electron chi connectivity index (χ4n) is 8.66. The van der Waals surface area contributed by atoms with Crippen LogP contribution in [0, 0.1) is 18.8 Å². The zero-order chi connectivity index (χ0) is 54.8. The molecule has 0 aliphatic carbocycles. The fraction of sp³-hybridized carbons (Fsp3) is 0.673. The van der Waals surface area contributed by atoms with Crippen molar-refractivity contribution in [2.24, 2.45) is 11.8 Å². The highest BCUT2D eigenvalue weighted by atomic mass is 35.5. The molecule has 5 rings (SSSR count). The van der Waals surface area contributed by atoms with Gasteiger partial charge in [-0.2, -0.15) is 0 Å². The van der Waals surface area contributed by atoms with Crippen LogP contribution in [0.1, 0.15) is 91.7 Å². The molecule has 1 aromatic carbocycles. The second-order valence-electron chi connectivity index (χ2n) is 19.0. The highest BCUT2D eigenvalue weighted by Crippen LogP contribution is 2.49. The van der Waals surface area contributed by atoms with Crippen molar-refractivity contribution >= 4 is 70.6 Å². The van der Waals surface area contributed by atoms with E-state index in [-0.39, 0.29) is 81.6 Å². The number of fused-ring (bicyclic) bond motifs is 5. The van der Waals surface area contributed by atoms with Crippen molar-refractivity contribution in [1.29, 1.82) is 0 Å². The molecule has 74 heavy (non-hydrogen) atoms. The van der Waals surface area contributed by atoms with Crippen molar-refractivity contribution in [3.63, 3.8) is 0 Å². The van der Waals surface area contributed by atoms with Gasteiger partial charge in [-0.15, -0.1) is 11.8 Å². The lowest BCUT2D eigenvalue weighted by molar-refractivity contribution is -0.166. The van der Waals surface area contributed by atoms with Crippen LogP contribution in [0.15, 0.2) is 35.9 Å². The molecule has 414 valence electrons. The van der Waals surface area contributed by atoms with Crippen LogP contribution in [-0.4, -0.2) is 172 Å². The first-order chi connectivity index (χ1) is 35.1. The van der Waals surface area contributed by atoms with E-state index in [2.05, 4.69) is 16.0 Å². The summed E-state index contributed by atoms with van der Waals surface area (Å²) in [5.41, 5.74) is 0.430. The first-order valence-electron chi connectivity index (χ1n) is 25.4. The lowest BCUT2D eigenvalue weighted by Crippen LogP contribution is -2.60. The Morgan fingerprint density at radius 3 is 2.38 bits per heavy atom. The molecular formula is C52H78ClN5O15S. The number of ether oxygens (including phenoxy) is 7. The number of likely N-dealkylation sites (tertiary alicyclic amines) is 1. The Morgan fingerprint density at radius 2 is 1.68 bits per heavy atom. The first-order valence-corrected chi connectivity index (χ1v) is 26.8. The second-order valence-corrected chi connectivity index (χ2v) is 20.7. The van der Waals surface area contributed by atoms with Crippen LogP contribution < -0.4 is 20.9 Å². The number of thioether (sulfide) groups is 1. The number of esters is 1. The van der Waals surface area contributed by atoms with Gasteiger partial charge in [0.15, 0.2) is 6.10 Å². The van der Waals surface area contributed by atoms with E-state index < -0.39 is 64.9 Å². The van der Waals surface area contributed by atoms with Crippen LogP contribution in [0.3, 0.4) is 0 Å². The number of halogens is 1. The van der Waals surface area contributed by atoms with Gasteiger partial charge in [-0.1, -0.05) is 55.3 Å². The normalized spacial score (nSPS) is 27.6. The van der Waals surface area contributed by atoms with E-state index in [9.17, 15) is 38.7 Å². The largest absolute Gasteiger partial charge is 0.457 e. The molecule has 9 atom stereocenters. The number of nitrogens with one attached hydrogen (secondary N) is 3. The van der Waals surface area contributed by atoms with Gasteiger partial charge in [0.25, 0.3) is 0 Å². The molecule has 4 aliphatic rings. The minimum Gasteiger partial charge on any atom is -0.457 e. The smallest absolute Gasteiger partial charge is 0.409 e. The van der Waals surface area contributed by atoms with Crippen molar-refractivity contribution in [3.05, 3.63) is 52.1 Å². The first kappa shape index (κ1) is 61.9. The number of imide groups is 1. The number of benzene rings is 1. The van der Waals surface area contributed by atoms with E-state index in [0.29, 0.717) is 62.3 Å². The van der Waals surface area contributed by atoms with Gasteiger partial charge in [-0.3, -0.25) is 34.2 Å². The Balaban J connectivity index is 0.000000874. The summed E-state index contributed by atoms with van der Waals surface area (Å²) in [5.74, 6) is -2.47. The average Bonchev–Trinajstić information content (AvgIpc) is 3.97. The number of rotatable bonds is 21. The van der Waals surface area contributed by atoms with E-state index in [4.69, 9.17) is 44.8 Å². The lowest BCUT2D eigenvalue weighted by atomic mass is 9.82. The standard InChI is InChI=1S/C44H61ClN4O12S.C8H17NO3/c1-9-46-35(50)13-14-49-37(52)22-33(40(49)53)62-18-17-57-15-16-58-29(6)41(54)60-34-23-36(51)48(8)31-21-30(20-26(3)38(31)45)19-25(2)11-10-12-27(4)44(56)24-32(59-42(55)47-44)28(5)39-43(34,7)61-39;1-3-11-6-7-12-5-4-8(10)9-2/h10-12,20-21,27-29,32-34,39,56H,9,13-19,22-24H2,1-8H3,(H,46,50)(H,47,55);3-7H2,1-2H3,(H,9,10)/b12-10+,25-11+;/t27-,28-,29+,32?,33?,34+,39+,43+,44+;/m1./s1. The quantitative estimate of drug-likeness (QED) is 0.0570. The Hall–Kier alpha value is -4.61. The molecule has 4 aliphatic heterocycles. The number of epoxide rings is 1. The van der Waals surface area contributed by atoms with Gasteiger partial charge < -0.3 is 53.8 Å². The van der Waals surface area contributed by atoms with E-state index >= 15 is 0 Å². The second kappa shape index (κ2) is 29.6. The Labute approximate surface area is 444 Å². The molecule has 0 radical (unpaired) electrons. The topological polar surface area (TPSA) is 250 Å². The number of hydrogen-bond acceptors (Lipinski definition) is 16. The van der Waals surface area contributed by atoms with Crippen LogP contribution in [0.2, 0.25) is 5.02 Å². The van der Waals surface area contributed by atoms with Crippen molar-refractivity contribution in [3.8, 4) is 0 Å². The van der Waals surface area contributed by atoms with Crippen LogP contribution in [0.25, 0.3) is 0 Å². The third-order valence-corrected chi connectivity index (χ3v) is 15.0. The van der Waals surface area contributed by atoms with Crippen molar-refractivity contribution in [1.82, 2.24) is 20.9 Å². The Morgan fingerprint density at radius 1 is 0.973 bits per heavy atom. The summed E-state index contributed by atoms with van der Waals surface area (Å²) in [6.07, 6.45) is 2.20. The van der Waals surface area contributed by atoms with E-state index in [1.54, 1.807) is 27.9 Å². The molecule has 22 heteroatoms. The summed E-state index contributed by atoms with van der Waals surface area (Å²) in [7, 11) is 3.23. The van der Waals surface area contributed by atoms with Crippen molar-refractivity contribution < 1.29 is 71.8 Å². The van der Waals surface area contributed by atoms with Gasteiger partial charge in [-0.05, 0) is 65.2 Å². The molecule has 0 saturated carbocycles. The third kappa shape index (κ3) is 18.0. The number of carbonyl (C=O) groups excluding carboxylic acids is 7. The number of alkyl carbamates (subject to hydrolysis) is 1. The monoisotopic (exact) mass is 1080 g/mol. The highest BCUT2D eigenvalue weighted by Gasteiger charge is 2.64. The van der Waals surface area contributed by atoms with Gasteiger partial charge in [0.2, 0.25) is 29.5 Å². The number of carbonyl (C=O) groups is 7. The number of amides is 6. The lowest BCUT2D eigenvalue weighted by Gasteiger charge is -2.41. The number of nitrogens with zero attached hydrogens (tertiary/aromatic N) is 2. The molecule has 4 N–H and O–H groups in total. The molecule has 2 unspecified atom stereocenters. The minimum atomic E-state index is -1.62. The summed E-state index contributed by atoms with van der Waals surface area (Å²) in [5, 5.41) is 19.3. The Kier molecular flexibility index (Phi) is 24.8. The molecule has 0 aromatic heterocycles. The highest BCUT2D eigenvalue weighted by molar-refractivity contribution is 8.00. The number of hydrogen-bond donors (Lipinski definition) is 4. The summed E-state index contributed by atoms with van der Waals surface area (Å²) >= 11 is 8.09. The molecule has 20 nitrogen and oxygen atoms in total. The summed E-state index contributed by atoms with van der Waals surface area (Å²) < 4.78 is 39.6. The van der Waals surface area contributed by atoms with Gasteiger partial charge in [-0.25, -0.2) is 9.59 Å². The molecular weight excluding hydrogens is 1000 g/mol. The predicted octanol–water partition coefficient (Wildman–Crippen LogP) is 4.57. The van der Waals surface area contributed by atoms with Gasteiger partial charge in [0.05, 0.1) is 68.1 Å². The zero-order valence-electron chi connectivity index (χ0n) is 44.6. The van der Waals surface area contributed by atoms with E-state index in [1.165, 1.54) is 23.6 Å². The maximum atomic E-state index is 14.1. The van der Waals surface area contributed by atoms with Crippen molar-refractivity contribution in [2.45, 2.75) is 135 Å². The van der Waals surface area contributed by atoms with Crippen molar-refractivity contribution in [2.75, 3.05) is 84.1 Å². The average molecular weight is 1080 g/mol. The maximum Gasteiger partial charge on any atom is 0.409 e. The Bertz CT molecular complexity index is 2180. The molecule has 3 saturated heterocycles. The predicted molar refractivity (Wildman–Crippen MR) is 278 cm³/mol. The third-order valence-electron chi connectivity index (χ3n) is 13.3. The van der Waals surface area contributed by atoms with Crippen LogP contribution in [0.5, 0.6) is 0 Å². The van der Waals surface area contributed by atoms with Gasteiger partial charge in [0, 0.05) is 77.1 Å². The summed E-state index contributed by atoms with van der Waals surface area (Å²) in [4.78, 5) is 90.8. The van der Waals surface area contributed by atoms with E-state index in [1.807, 2.05) is 65.0 Å². The molecule has 0 spiro atoms. The number of aryl methyl sites for hydroxylation is 1. The van der Waals surface area contributed by atoms with Gasteiger partial charge in [0.1, 0.15) is 23.5 Å². The molecule has 4 heterocycles. The van der Waals surface area contributed by atoms with Gasteiger partial charge >= 0.3 is 12.1 Å². The fourth-order valence-corrected chi connectivity index (χ4v) is 9.92. The minimum absolute atomic E-state index is 0.00594. The number of anilines is 1. The molecule has 6 amide bonds. The van der Waals surface area contributed by atoms with Crippen LogP contribution in [0.4, 0.5) is 10.5 Å². The maximum absolute atomic E-state index is 14.1. The van der Waals surface area contributed by atoms with E-state index in [0.717, 1.165) is 21.6 Å². The molecule has 4 bridgehead atoms. The summed E-state index contributed by atoms with van der Waals surface area (Å²) in [6, 6.07) is 3.83. The number of allylic oxidation sites excluding steroid dienone is 3. The SMILES string of the molecule is CCNC(=O)CCN1C(=O)CC(SCCOCCO[C@@H](C)C(=O)O[C@H]2CC(=O)N(C)c3cc(cc(C)c3Cl)C/C(C)=C/C=C/[C@@H](C)[C@@]3(O)CC(OC(=O)N3)[C@@H](C)[C@@H]3O[C@@]23C)C1=O.CCOCCOCCC(=O)NC.